The van der Waals surface area contributed by atoms with E-state index in [-0.39, 0.29) is 153 Å². The predicted molar refractivity (Wildman–Crippen MR) is 397 cm³/mol. The number of rotatable bonds is 4. The van der Waals surface area contributed by atoms with Gasteiger partial charge in [0.25, 0.3) is 0 Å². The average molecular weight is 1460 g/mol. The molecule has 0 heterocycles. The van der Waals surface area contributed by atoms with Gasteiger partial charge < -0.3 is 35.4 Å². The molecular weight excluding hydrogens is 1390 g/mol. The minimum atomic E-state index is -0.532. The first-order valence-electron chi connectivity index (χ1n) is 33.8. The van der Waals surface area contributed by atoms with E-state index < -0.39 is 28.9 Å². The molecule has 0 aliphatic heterocycles. The lowest BCUT2D eigenvalue weighted by molar-refractivity contribution is -0.116. The Morgan fingerprint density at radius 3 is 0.917 bits per heavy atom. The fourth-order valence-corrected chi connectivity index (χ4v) is 12.6. The van der Waals surface area contributed by atoms with Crippen LogP contribution in [-0.4, -0.2) is 118 Å². The quantitative estimate of drug-likeness (QED) is 0.0541. The van der Waals surface area contributed by atoms with Gasteiger partial charge >= 0.3 is 0 Å². The molecule has 21 nitrogen and oxygen atoms in total. The van der Waals surface area contributed by atoms with Gasteiger partial charge in [0, 0.05) is 107 Å². The molecule has 0 spiro atoms. The van der Waals surface area contributed by atoms with Crippen molar-refractivity contribution in [2.75, 3.05) is 6.61 Å². The second-order valence-corrected chi connectivity index (χ2v) is 25.5. The number of benzene rings is 9. The zero-order valence-electron chi connectivity index (χ0n) is 59.5. The first kappa shape index (κ1) is 77.4. The van der Waals surface area contributed by atoms with Crippen LogP contribution < -0.4 is 0 Å². The summed E-state index contributed by atoms with van der Waals surface area (Å²) in [5.41, 5.74) is 8.00. The molecule has 544 valence electrons. The van der Waals surface area contributed by atoms with Gasteiger partial charge in [0.15, 0.2) is 75.2 Å². The Bertz CT molecular complexity index is 5400. The van der Waals surface area contributed by atoms with E-state index in [0.29, 0.717) is 80.0 Å². The van der Waals surface area contributed by atoms with Gasteiger partial charge in [-0.1, -0.05) is 134 Å². The molecule has 16 rings (SSSR count). The minimum Gasteiger partial charge on any atom is -0.507 e. The van der Waals surface area contributed by atoms with Crippen molar-refractivity contribution in [3.8, 4) is 34.5 Å². The van der Waals surface area contributed by atoms with Crippen LogP contribution in [0.25, 0.3) is 0 Å². The number of allylic oxidation sites excluding steroid dienone is 10. The third kappa shape index (κ3) is 15.4. The minimum absolute atomic E-state index is 0.000556. The average Bonchev–Trinajstić information content (AvgIpc) is 0.763. The molecule has 0 unspecified atom stereocenters. The lowest BCUT2D eigenvalue weighted by atomic mass is 9.83. The molecule has 9 aromatic carbocycles. The third-order valence-electron chi connectivity index (χ3n) is 18.5. The molecule has 0 aromatic heterocycles. The zero-order chi connectivity index (χ0) is 79.1. The number of carbonyl (C=O) groups excluding carboxylic acids is 14. The van der Waals surface area contributed by atoms with Crippen molar-refractivity contribution in [2.45, 2.75) is 61.5 Å². The van der Waals surface area contributed by atoms with Crippen molar-refractivity contribution in [3.63, 3.8) is 0 Å². The van der Waals surface area contributed by atoms with Crippen molar-refractivity contribution < 1.29 is 102 Å². The van der Waals surface area contributed by atoms with Crippen LogP contribution in [0.1, 0.15) is 209 Å². The predicted octanol–water partition coefficient (Wildman–Crippen LogP) is 13.5. The molecule has 109 heavy (non-hydrogen) atoms. The number of hydrogen-bond acceptors (Lipinski definition) is 21. The number of aromatic hydroxyl groups is 6. The summed E-state index contributed by atoms with van der Waals surface area (Å²) in [6.07, 6.45) is 6.29. The summed E-state index contributed by atoms with van der Waals surface area (Å²) >= 11 is 0. The van der Waals surface area contributed by atoms with Crippen LogP contribution in [0.5, 0.6) is 34.5 Å². The van der Waals surface area contributed by atoms with Gasteiger partial charge in [-0.2, -0.15) is 0 Å². The van der Waals surface area contributed by atoms with Crippen molar-refractivity contribution in [2.24, 2.45) is 0 Å². The van der Waals surface area contributed by atoms with Gasteiger partial charge in [0.1, 0.15) is 34.5 Å². The highest BCUT2D eigenvalue weighted by molar-refractivity contribution is 6.33. The van der Waals surface area contributed by atoms with E-state index >= 15 is 0 Å². The maximum atomic E-state index is 12.5. The number of ketones is 14. The third-order valence-corrected chi connectivity index (χ3v) is 18.5. The van der Waals surface area contributed by atoms with Crippen molar-refractivity contribution in [1.29, 1.82) is 0 Å². The summed E-state index contributed by atoms with van der Waals surface area (Å²) in [6, 6.07) is 45.2. The van der Waals surface area contributed by atoms with Gasteiger partial charge in [-0.05, 0) is 126 Å². The molecule has 0 amide bonds. The number of phenols is 6. The van der Waals surface area contributed by atoms with E-state index in [2.05, 4.69) is 0 Å². The summed E-state index contributed by atoms with van der Waals surface area (Å²) in [6.45, 7) is 13.3. The van der Waals surface area contributed by atoms with E-state index in [1.54, 1.807) is 114 Å². The topological polar surface area (TPSA) is 370 Å². The van der Waals surface area contributed by atoms with Gasteiger partial charge in [-0.15, -0.1) is 0 Å². The maximum absolute atomic E-state index is 12.5. The van der Waals surface area contributed by atoms with Crippen LogP contribution in [0, 0.1) is 0 Å². The first-order valence-corrected chi connectivity index (χ1v) is 33.8. The lowest BCUT2D eigenvalue weighted by Gasteiger charge is -2.18. The van der Waals surface area contributed by atoms with Gasteiger partial charge in [-0.25, -0.2) is 0 Å². The van der Waals surface area contributed by atoms with Crippen molar-refractivity contribution >= 4 is 81.0 Å². The fraction of sp³-hybridized carbons (Fsp3) is 0.114. The number of carbonyl (C=O) groups is 14. The summed E-state index contributed by atoms with van der Waals surface area (Å²) in [7, 11) is 0. The maximum Gasteiger partial charge on any atom is 0.201 e. The van der Waals surface area contributed by atoms with Crippen LogP contribution in [0.2, 0.25) is 0 Å². The van der Waals surface area contributed by atoms with Crippen molar-refractivity contribution in [3.05, 3.63) is 339 Å². The van der Waals surface area contributed by atoms with Crippen LogP contribution in [0.4, 0.5) is 0 Å². The second kappa shape index (κ2) is 32.5. The number of hydrogen-bond donors (Lipinski definition) is 6. The highest BCUT2D eigenvalue weighted by atomic mass is 16.5. The Labute approximate surface area is 622 Å². The highest BCUT2D eigenvalue weighted by Crippen LogP contribution is 2.40. The lowest BCUT2D eigenvalue weighted by Crippen LogP contribution is -2.21. The molecule has 6 N–H and O–H groups in total. The Balaban J connectivity index is 0.000000137. The Kier molecular flexibility index (Phi) is 23.1. The normalized spacial score (nSPS) is 14.4. The molecule has 7 aliphatic carbocycles. The van der Waals surface area contributed by atoms with E-state index in [1.165, 1.54) is 121 Å². The number of fused-ring (bicyclic) bond motifs is 9. The summed E-state index contributed by atoms with van der Waals surface area (Å²) < 4.78 is 5.50. The number of phenolic OH excluding ortho intramolecular Hbond substituents is 6. The van der Waals surface area contributed by atoms with Crippen LogP contribution in [0.3, 0.4) is 0 Å². The van der Waals surface area contributed by atoms with Gasteiger partial charge in [0.2, 0.25) is 5.78 Å². The van der Waals surface area contributed by atoms with Crippen molar-refractivity contribution in [1.82, 2.24) is 0 Å². The monoisotopic (exact) mass is 1460 g/mol. The highest BCUT2D eigenvalue weighted by Gasteiger charge is 2.37. The Morgan fingerprint density at radius 2 is 0.550 bits per heavy atom. The summed E-state index contributed by atoms with van der Waals surface area (Å²) in [5.74, 6) is -4.70. The second-order valence-electron chi connectivity index (χ2n) is 25.5. The Morgan fingerprint density at radius 1 is 0.266 bits per heavy atom. The van der Waals surface area contributed by atoms with Crippen LogP contribution in [-0.2, 0) is 30.5 Å². The first-order chi connectivity index (χ1) is 51.9. The van der Waals surface area contributed by atoms with E-state index in [0.717, 1.165) is 12.0 Å². The van der Waals surface area contributed by atoms with E-state index in [4.69, 9.17) is 4.74 Å². The molecule has 0 fully saturated rings. The fourth-order valence-electron chi connectivity index (χ4n) is 12.6. The zero-order valence-corrected chi connectivity index (χ0v) is 59.5. The molecule has 0 saturated heterocycles. The van der Waals surface area contributed by atoms with Gasteiger partial charge in [0.05, 0.1) is 40.0 Å². The molecule has 0 radical (unpaired) electrons. The largest absolute Gasteiger partial charge is 0.507 e. The molecular formula is C88H66O21. The summed E-state index contributed by atoms with van der Waals surface area (Å²) in [5, 5.41) is 58.2. The number of ether oxygens (including phenoxy) is 1. The Hall–Kier alpha value is -14.2. The summed E-state index contributed by atoms with van der Waals surface area (Å²) in [4.78, 5) is 165. The standard InChI is InChI=1S/C18H16O3.3C14H8O4.C10H6O2.C10H12O2.C8H8O2/c1-2-9-21-11-12-7-8-15-16(10-12)18(20)14-6-4-3-5-13(14)17(15)19;15-9-5-1-3-7-11(9)14(18)8-4-2-6-10(16)12(8)13(7)17;15-9-5-1-3-7-11(9)14(18)12-8(13(7)17)4-2-6-10(12)16;15-9-5-6-10(16)12-11(9)13(17)7-3-1-2-4-8(7)14(12)18;11-9-5-6-10(12)8-4-2-1-3-7(8)9;1-5-6(2)10(12)8(4)7(3)9(5)11;1-5-3-7(9)4-6(2)8(5)10/h3-8,10H,2,9,11H2,1H3;3*1-6,15-16H;1-6H;1-4H3;3-4H,1-2H3. The molecule has 21 heteroatoms. The van der Waals surface area contributed by atoms with E-state index in [9.17, 15) is 97.8 Å². The number of Topliss-reactive ketones (excluding diaryl/α,β-unsaturated/α-hetero) is 3. The van der Waals surface area contributed by atoms with Crippen LogP contribution in [0.15, 0.2) is 234 Å². The molecule has 0 bridgehead atoms. The molecule has 9 aromatic rings. The molecule has 0 saturated carbocycles. The van der Waals surface area contributed by atoms with E-state index in [1.807, 2.05) is 13.0 Å². The smallest absolute Gasteiger partial charge is 0.201 e. The van der Waals surface area contributed by atoms with Crippen LogP contribution >= 0.6 is 0 Å². The molecule has 0 atom stereocenters. The SMILES string of the molecule is CC1=C(C)C(=O)C(C)=C(C)C1=O.CC1=CC(=O)C=C(C)C1=O.CCCOCc1ccc2c(c1)C(=O)c1ccccc1C2=O.O=C1C=CC(=O)c2ccccc21.O=C1c2cccc(O)c2C(=O)c2c(O)cccc21.O=C1c2cccc(O)c2C(=O)c2cccc(O)c21.O=C1c2ccccc2C(=O)c2c(O)ccc(O)c21. The van der Waals surface area contributed by atoms with Gasteiger partial charge in [-0.3, -0.25) is 67.1 Å². The molecule has 7 aliphatic rings.